The van der Waals surface area contributed by atoms with Crippen LogP contribution in [0.4, 0.5) is 0 Å². The molecule has 2 N–H and O–H groups in total. The van der Waals surface area contributed by atoms with E-state index in [1.807, 2.05) is 0 Å². The molecule has 7 heavy (non-hydrogen) atoms. The molecule has 0 fully saturated rings. The van der Waals surface area contributed by atoms with Crippen molar-refractivity contribution in [2.75, 3.05) is 0 Å². The maximum absolute atomic E-state index is 8.52. The second kappa shape index (κ2) is 5.35. The van der Waals surface area contributed by atoms with E-state index in [2.05, 4.69) is 0 Å². The summed E-state index contributed by atoms with van der Waals surface area (Å²) in [6.45, 7) is 0. The third-order valence-corrected chi connectivity index (χ3v) is 0. The van der Waals surface area contributed by atoms with E-state index in [1.54, 1.807) is 0 Å². The van der Waals surface area contributed by atoms with Gasteiger partial charge in [0.05, 0.1) is 0 Å². The Morgan fingerprint density at radius 2 is 1.14 bits per heavy atom. The fraction of sp³-hybridized carbons (Fsp3) is 0. The molecule has 0 amide bonds. The van der Waals surface area contributed by atoms with Crippen molar-refractivity contribution in [3.8, 4) is 0 Å². The minimum atomic E-state index is -5.17. The molecule has 0 heterocycles. The molecule has 0 aromatic heterocycles. The molecule has 0 aromatic carbocycles. The van der Waals surface area contributed by atoms with Crippen LogP contribution < -0.4 is 0 Å². The zero-order valence-electron chi connectivity index (χ0n) is 3.04. The zero-order valence-corrected chi connectivity index (χ0v) is 7.00. The maximum atomic E-state index is 8.52. The molecule has 0 rings (SSSR count). The monoisotopic (exact) mass is 254 g/mol. The van der Waals surface area contributed by atoms with Gasteiger partial charge in [-0.3, -0.25) is 8.42 Å². The van der Waals surface area contributed by atoms with Gasteiger partial charge in [0, 0.05) is 52.1 Å². The van der Waals surface area contributed by atoms with Gasteiger partial charge in [0.2, 0.25) is 0 Å². The molecule has 0 aromatic rings. The van der Waals surface area contributed by atoms with Gasteiger partial charge in [0.1, 0.15) is 0 Å². The Morgan fingerprint density at radius 1 is 1.14 bits per heavy atom. The minimum Gasteiger partial charge on any atom is -0.759 e. The van der Waals surface area contributed by atoms with Gasteiger partial charge in [0.15, 0.2) is 0 Å². The molecule has 44 valence electrons. The van der Waals surface area contributed by atoms with E-state index in [-0.39, 0.29) is 47.2 Å². The predicted octanol–water partition coefficient (Wildman–Crippen LogP) is -2.16. The average molecular weight is 254 g/mol. The van der Waals surface area contributed by atoms with Gasteiger partial charge in [0.25, 0.3) is 0 Å². The summed E-state index contributed by atoms with van der Waals surface area (Å²) in [6.07, 6.45) is 0. The van der Waals surface area contributed by atoms with Crippen LogP contribution >= 0.6 is 0 Å². The molecule has 0 bridgehead atoms. The summed E-state index contributed by atoms with van der Waals surface area (Å²) >= 11 is 0. The third-order valence-electron chi connectivity index (χ3n) is 0. The predicted molar refractivity (Wildman–Crippen MR) is 14.1 cm³/mol. The number of rotatable bonds is 0. The van der Waals surface area contributed by atoms with Crippen LogP contribution in [0, 0.1) is 41.7 Å². The van der Waals surface area contributed by atoms with Crippen LogP contribution in [0.3, 0.4) is 0 Å². The summed E-state index contributed by atoms with van der Waals surface area (Å²) < 4.78 is 34.1. The second-order valence-corrected chi connectivity index (χ2v) is 1.22. The largest absolute Gasteiger partial charge is 0.759 e. The Bertz CT molecular complexity index is 91.2. The Hall–Kier alpha value is 1.21. The number of hydrogen-bond donors (Lipinski definition) is 0. The summed E-state index contributed by atoms with van der Waals surface area (Å²) in [4.78, 5) is 0. The molecule has 7 heteroatoms. The van der Waals surface area contributed by atoms with Gasteiger partial charge in [-0.05, 0) is 0 Å². The molecule has 0 unspecified atom stereocenters. The minimum absolute atomic E-state index is 0. The molecule has 0 spiro atoms. The molecule has 5 nitrogen and oxygen atoms in total. The molecule has 0 saturated carbocycles. The van der Waals surface area contributed by atoms with Crippen molar-refractivity contribution >= 4 is 10.4 Å². The van der Waals surface area contributed by atoms with Crippen LogP contribution in [0.25, 0.3) is 0 Å². The van der Waals surface area contributed by atoms with E-state index in [1.165, 1.54) is 0 Å². The van der Waals surface area contributed by atoms with Crippen LogP contribution in [-0.2, 0) is 10.4 Å². The SMILES string of the molecule is O.O=S(=O)([O-])[O-].[Ce]. The standard InChI is InChI=1S/Ce.H2O4S.H2O/c;1-5(2,3)4;/h;(H2,1,2,3,4);1H2/p-2. The fourth-order valence-corrected chi connectivity index (χ4v) is 0. The van der Waals surface area contributed by atoms with E-state index >= 15 is 0 Å². The molecule has 0 saturated heterocycles. The Kier molecular flexibility index (Phi) is 12.0. The molecule has 0 atom stereocenters. The third kappa shape index (κ3) is 134. The topological polar surface area (TPSA) is 112 Å². The summed E-state index contributed by atoms with van der Waals surface area (Å²) in [5.41, 5.74) is 0. The van der Waals surface area contributed by atoms with Gasteiger partial charge in [-0.25, -0.2) is 0 Å². The van der Waals surface area contributed by atoms with Crippen LogP contribution in [0.15, 0.2) is 0 Å². The van der Waals surface area contributed by atoms with Gasteiger partial charge >= 0.3 is 0 Å². The van der Waals surface area contributed by atoms with Crippen LogP contribution in [0.1, 0.15) is 0 Å². The first-order valence-corrected chi connectivity index (χ1v) is 2.00. The van der Waals surface area contributed by atoms with E-state index in [0.29, 0.717) is 0 Å². The van der Waals surface area contributed by atoms with Crippen molar-refractivity contribution < 1.29 is 64.7 Å². The van der Waals surface area contributed by atoms with E-state index < -0.39 is 10.4 Å². The molecular weight excluding hydrogens is 252 g/mol. The summed E-state index contributed by atoms with van der Waals surface area (Å²) in [5, 5.41) is 0. The summed E-state index contributed by atoms with van der Waals surface area (Å²) in [5.74, 6) is 0. The summed E-state index contributed by atoms with van der Waals surface area (Å²) in [6, 6.07) is 0. The first kappa shape index (κ1) is 15.7. The second-order valence-electron chi connectivity index (χ2n) is 0.408. The first-order valence-electron chi connectivity index (χ1n) is 0.667. The summed E-state index contributed by atoms with van der Waals surface area (Å²) in [7, 11) is -5.17. The number of hydrogen-bond acceptors (Lipinski definition) is 4. The smallest absolute Gasteiger partial charge is 0.0311 e. The van der Waals surface area contributed by atoms with Crippen LogP contribution in [0.2, 0.25) is 0 Å². The molecule has 0 aliphatic heterocycles. The van der Waals surface area contributed by atoms with Crippen molar-refractivity contribution in [3.05, 3.63) is 0 Å². The van der Waals surface area contributed by atoms with Crippen molar-refractivity contribution in [3.63, 3.8) is 0 Å². The van der Waals surface area contributed by atoms with E-state index in [0.717, 1.165) is 0 Å². The van der Waals surface area contributed by atoms with Crippen LogP contribution in [-0.4, -0.2) is 23.0 Å². The van der Waals surface area contributed by atoms with Crippen molar-refractivity contribution in [1.29, 1.82) is 0 Å². The van der Waals surface area contributed by atoms with E-state index in [4.69, 9.17) is 17.5 Å². The van der Waals surface area contributed by atoms with Gasteiger partial charge in [-0.2, -0.15) is 0 Å². The van der Waals surface area contributed by atoms with Gasteiger partial charge in [-0.15, -0.1) is 0 Å². The normalized spacial score (nSPS) is 8.29. The molecule has 0 radical (unpaired) electrons. The van der Waals surface area contributed by atoms with Crippen LogP contribution in [0.5, 0.6) is 0 Å². The average Bonchev–Trinajstić information content (AvgIpc) is 0.722. The quantitative estimate of drug-likeness (QED) is 0.362. The first-order chi connectivity index (χ1) is 2.00. The van der Waals surface area contributed by atoms with Crippen molar-refractivity contribution in [2.24, 2.45) is 0 Å². The fourth-order valence-electron chi connectivity index (χ4n) is 0. The Balaban J connectivity index is -0.0000000800. The van der Waals surface area contributed by atoms with Crippen molar-refractivity contribution in [2.45, 2.75) is 0 Å². The maximum Gasteiger partial charge on any atom is 0.0311 e. The van der Waals surface area contributed by atoms with Gasteiger partial charge < -0.3 is 14.6 Å². The molecular formula is H2CeO5S-2. The zero-order chi connectivity index (χ0) is 4.50. The molecule has 0 aliphatic rings. The van der Waals surface area contributed by atoms with E-state index in [9.17, 15) is 0 Å². The van der Waals surface area contributed by atoms with Crippen molar-refractivity contribution in [1.82, 2.24) is 0 Å². The Labute approximate surface area is 74.4 Å². The van der Waals surface area contributed by atoms with Gasteiger partial charge in [-0.1, -0.05) is 0 Å². The molecule has 0 aliphatic carbocycles. The Morgan fingerprint density at radius 3 is 1.14 bits per heavy atom.